The van der Waals surface area contributed by atoms with Crippen LogP contribution >= 0.6 is 0 Å². The summed E-state index contributed by atoms with van der Waals surface area (Å²) in [4.78, 5) is 29.3. The highest BCUT2D eigenvalue weighted by molar-refractivity contribution is 6.04. The second kappa shape index (κ2) is 9.88. The van der Waals surface area contributed by atoms with Crippen molar-refractivity contribution in [2.24, 2.45) is 0 Å². The van der Waals surface area contributed by atoms with E-state index in [1.807, 2.05) is 92.7 Å². The Bertz CT molecular complexity index is 1120. The van der Waals surface area contributed by atoms with Crippen LogP contribution < -0.4 is 4.74 Å². The van der Waals surface area contributed by atoms with Crippen LogP contribution in [0.1, 0.15) is 28.3 Å². The van der Waals surface area contributed by atoms with Crippen molar-refractivity contribution in [3.8, 4) is 5.75 Å². The molecule has 0 aromatic heterocycles. The Morgan fingerprint density at radius 1 is 0.939 bits per heavy atom. The molecule has 0 aliphatic carbocycles. The summed E-state index contributed by atoms with van der Waals surface area (Å²) in [5.74, 6) is 0.342. The van der Waals surface area contributed by atoms with Crippen LogP contribution in [0.2, 0.25) is 0 Å². The number of hydrogen-bond donors (Lipinski definition) is 1. The predicted molar refractivity (Wildman–Crippen MR) is 126 cm³/mol. The number of aliphatic hydroxyl groups excluding tert-OH is 1. The Balaban J connectivity index is 1.51. The first-order valence-electron chi connectivity index (χ1n) is 11.0. The monoisotopic (exact) mass is 444 g/mol. The fourth-order valence-electron chi connectivity index (χ4n) is 4.02. The van der Waals surface area contributed by atoms with Crippen LogP contribution in [0.4, 0.5) is 4.79 Å². The molecular formula is C27H28N2O4. The van der Waals surface area contributed by atoms with Gasteiger partial charge >= 0.3 is 6.03 Å². The number of carbonyl (C=O) groups is 2. The molecule has 3 amide bonds. The Labute approximate surface area is 194 Å². The van der Waals surface area contributed by atoms with E-state index in [9.17, 15) is 14.7 Å². The molecule has 1 N–H and O–H groups in total. The van der Waals surface area contributed by atoms with Crippen molar-refractivity contribution in [2.75, 3.05) is 13.2 Å². The maximum absolute atomic E-state index is 13.3. The molecule has 0 bridgehead atoms. The molecule has 1 saturated heterocycles. The minimum atomic E-state index is -1.01. The minimum absolute atomic E-state index is 0.0178. The van der Waals surface area contributed by atoms with Crippen LogP contribution in [0.15, 0.2) is 78.9 Å². The fourth-order valence-corrected chi connectivity index (χ4v) is 4.02. The minimum Gasteiger partial charge on any atom is -0.491 e. The summed E-state index contributed by atoms with van der Waals surface area (Å²) in [6, 6.07) is 23.5. The lowest BCUT2D eigenvalue weighted by atomic mass is 10.1. The van der Waals surface area contributed by atoms with Crippen molar-refractivity contribution in [3.05, 3.63) is 101 Å². The Kier molecular flexibility index (Phi) is 6.75. The van der Waals surface area contributed by atoms with Gasteiger partial charge in [0, 0.05) is 6.54 Å². The zero-order valence-corrected chi connectivity index (χ0v) is 18.8. The van der Waals surface area contributed by atoms with Gasteiger partial charge < -0.3 is 14.7 Å². The summed E-state index contributed by atoms with van der Waals surface area (Å²) in [6.45, 7) is 4.06. The highest BCUT2D eigenvalue weighted by atomic mass is 16.5. The standard InChI is InChI=1S/C27H28N2O4/c1-19-13-14-20(2)24(15-19)33-18-23(30)17-29-26(31)25(22-11-7-4-8-12-22)28(27(29)32)16-21-9-5-3-6-10-21/h3-15,23,25,30H,16-18H2,1-2H3. The van der Waals surface area contributed by atoms with Gasteiger partial charge in [0.2, 0.25) is 0 Å². The van der Waals surface area contributed by atoms with Crippen molar-refractivity contribution >= 4 is 11.9 Å². The van der Waals surface area contributed by atoms with Crippen LogP contribution in [0.25, 0.3) is 0 Å². The van der Waals surface area contributed by atoms with Gasteiger partial charge in [-0.15, -0.1) is 0 Å². The smallest absolute Gasteiger partial charge is 0.328 e. The third kappa shape index (κ3) is 5.07. The number of ether oxygens (including phenoxy) is 1. The van der Waals surface area contributed by atoms with Crippen LogP contribution in [-0.2, 0) is 11.3 Å². The summed E-state index contributed by atoms with van der Waals surface area (Å²) >= 11 is 0. The van der Waals surface area contributed by atoms with E-state index in [4.69, 9.17) is 4.74 Å². The molecule has 0 saturated carbocycles. The molecule has 2 unspecified atom stereocenters. The zero-order chi connectivity index (χ0) is 23.4. The van der Waals surface area contributed by atoms with Gasteiger partial charge in [-0.1, -0.05) is 72.8 Å². The Morgan fingerprint density at radius 2 is 1.61 bits per heavy atom. The lowest BCUT2D eigenvalue weighted by Gasteiger charge is -2.22. The van der Waals surface area contributed by atoms with Crippen molar-refractivity contribution in [3.63, 3.8) is 0 Å². The lowest BCUT2D eigenvalue weighted by Crippen LogP contribution is -2.40. The molecule has 33 heavy (non-hydrogen) atoms. The average Bonchev–Trinajstić information content (AvgIpc) is 3.05. The highest BCUT2D eigenvalue weighted by Gasteiger charge is 2.46. The Morgan fingerprint density at radius 3 is 2.30 bits per heavy atom. The maximum Gasteiger partial charge on any atom is 0.328 e. The number of carbonyl (C=O) groups excluding carboxylic acids is 2. The van der Waals surface area contributed by atoms with Crippen LogP contribution in [0.5, 0.6) is 5.75 Å². The maximum atomic E-state index is 13.3. The van der Waals surface area contributed by atoms with E-state index in [1.54, 1.807) is 4.90 Å². The van der Waals surface area contributed by atoms with E-state index < -0.39 is 18.2 Å². The molecule has 0 radical (unpaired) electrons. The average molecular weight is 445 g/mol. The first kappa shape index (κ1) is 22.6. The number of β-amino-alcohol motifs (C(OH)–C–C–N with tert-alkyl or cyclic N) is 1. The van der Waals surface area contributed by atoms with Gasteiger partial charge in [-0.25, -0.2) is 4.79 Å². The van der Waals surface area contributed by atoms with Gasteiger partial charge in [0.25, 0.3) is 5.91 Å². The van der Waals surface area contributed by atoms with E-state index >= 15 is 0 Å². The number of hydrogen-bond acceptors (Lipinski definition) is 4. The molecule has 1 aliphatic rings. The summed E-state index contributed by atoms with van der Waals surface area (Å²) in [7, 11) is 0. The number of aryl methyl sites for hydroxylation is 2. The second-order valence-corrected chi connectivity index (χ2v) is 8.39. The number of aliphatic hydroxyl groups is 1. The highest BCUT2D eigenvalue weighted by Crippen LogP contribution is 2.32. The van der Waals surface area contributed by atoms with Gasteiger partial charge in [0.15, 0.2) is 0 Å². The largest absolute Gasteiger partial charge is 0.491 e. The number of benzene rings is 3. The van der Waals surface area contributed by atoms with Crippen molar-refractivity contribution in [1.82, 2.24) is 9.80 Å². The van der Waals surface area contributed by atoms with Crippen molar-refractivity contribution in [2.45, 2.75) is 32.5 Å². The van der Waals surface area contributed by atoms with Gasteiger partial charge in [-0.2, -0.15) is 0 Å². The van der Waals surface area contributed by atoms with Crippen LogP contribution in [0.3, 0.4) is 0 Å². The summed E-state index contributed by atoms with van der Waals surface area (Å²) in [6.07, 6.45) is -1.01. The normalized spacial score (nSPS) is 16.9. The molecular weight excluding hydrogens is 416 g/mol. The second-order valence-electron chi connectivity index (χ2n) is 8.39. The van der Waals surface area contributed by atoms with Gasteiger partial charge in [0.05, 0.1) is 6.54 Å². The Hall–Kier alpha value is -3.64. The zero-order valence-electron chi connectivity index (χ0n) is 18.8. The topological polar surface area (TPSA) is 70.1 Å². The molecule has 3 aromatic rings. The van der Waals surface area contributed by atoms with Crippen molar-refractivity contribution in [1.29, 1.82) is 0 Å². The van der Waals surface area contributed by atoms with Gasteiger partial charge in [-0.05, 0) is 42.2 Å². The number of amides is 3. The molecule has 1 aliphatic heterocycles. The van der Waals surface area contributed by atoms with Gasteiger partial charge in [0.1, 0.15) is 24.5 Å². The molecule has 4 rings (SSSR count). The van der Waals surface area contributed by atoms with Gasteiger partial charge in [-0.3, -0.25) is 9.69 Å². The number of urea groups is 1. The molecule has 1 fully saturated rings. The number of imide groups is 1. The first-order chi connectivity index (χ1) is 15.9. The lowest BCUT2D eigenvalue weighted by molar-refractivity contribution is -0.129. The summed E-state index contributed by atoms with van der Waals surface area (Å²) in [5.41, 5.74) is 3.69. The van der Waals surface area contributed by atoms with Crippen LogP contribution in [0, 0.1) is 13.8 Å². The van der Waals surface area contributed by atoms with E-state index in [0.29, 0.717) is 12.3 Å². The van der Waals surface area contributed by atoms with E-state index in [2.05, 4.69) is 0 Å². The van der Waals surface area contributed by atoms with Crippen LogP contribution in [-0.4, -0.2) is 46.1 Å². The summed E-state index contributed by atoms with van der Waals surface area (Å²) < 4.78 is 5.78. The fraction of sp³-hybridized carbons (Fsp3) is 0.259. The number of rotatable bonds is 8. The SMILES string of the molecule is Cc1ccc(C)c(OCC(O)CN2C(=O)C(c3ccccc3)N(Cc3ccccc3)C2=O)c1. The molecule has 2 atom stereocenters. The van der Waals surface area contributed by atoms with Crippen molar-refractivity contribution < 1.29 is 19.4 Å². The molecule has 170 valence electrons. The molecule has 0 spiro atoms. The molecule has 1 heterocycles. The third-order valence-corrected chi connectivity index (χ3v) is 5.77. The van der Waals surface area contributed by atoms with E-state index in [0.717, 1.165) is 27.2 Å². The number of nitrogens with zero attached hydrogens (tertiary/aromatic N) is 2. The predicted octanol–water partition coefficient (Wildman–Crippen LogP) is 4.25. The quantitative estimate of drug-likeness (QED) is 0.528. The van der Waals surface area contributed by atoms with E-state index in [1.165, 1.54) is 0 Å². The molecule has 6 heteroatoms. The molecule has 6 nitrogen and oxygen atoms in total. The third-order valence-electron chi connectivity index (χ3n) is 5.77. The summed E-state index contributed by atoms with van der Waals surface area (Å²) in [5, 5.41) is 10.6. The first-order valence-corrected chi connectivity index (χ1v) is 11.0. The molecule has 3 aromatic carbocycles. The van der Waals surface area contributed by atoms with E-state index in [-0.39, 0.29) is 19.1 Å².